The lowest BCUT2D eigenvalue weighted by molar-refractivity contribution is 0.0236. The fourth-order valence-corrected chi connectivity index (χ4v) is 2.70. The highest BCUT2D eigenvalue weighted by molar-refractivity contribution is 6.29. The lowest BCUT2D eigenvalue weighted by Crippen LogP contribution is -2.38. The maximum absolute atomic E-state index is 12.2. The number of ether oxygens (including phenoxy) is 2. The second-order valence-corrected chi connectivity index (χ2v) is 7.36. The van der Waals surface area contributed by atoms with Gasteiger partial charge in [0.2, 0.25) is 5.88 Å². The molecule has 0 radical (unpaired) electrons. The van der Waals surface area contributed by atoms with Crippen LogP contribution in [0.4, 0.5) is 4.79 Å². The van der Waals surface area contributed by atoms with E-state index in [0.29, 0.717) is 30.0 Å². The van der Waals surface area contributed by atoms with Crippen LogP contribution in [0.2, 0.25) is 5.15 Å². The summed E-state index contributed by atoms with van der Waals surface area (Å²) in [6.07, 6.45) is 4.28. The largest absolute Gasteiger partial charge is 0.473 e. The zero-order valence-electron chi connectivity index (χ0n) is 14.1. The van der Waals surface area contributed by atoms with E-state index < -0.39 is 5.60 Å². The minimum absolute atomic E-state index is 0.0230. The predicted octanol–water partition coefficient (Wildman–Crippen LogP) is 3.54. The summed E-state index contributed by atoms with van der Waals surface area (Å²) in [5.41, 5.74) is -0.487. The van der Waals surface area contributed by atoms with Crippen LogP contribution < -0.4 is 4.74 Å². The van der Waals surface area contributed by atoms with E-state index in [1.165, 1.54) is 6.20 Å². The Morgan fingerprint density at radius 1 is 1.39 bits per heavy atom. The van der Waals surface area contributed by atoms with Crippen LogP contribution in [0, 0.1) is 5.92 Å². The molecule has 23 heavy (non-hydrogen) atoms. The molecule has 2 rings (SSSR count). The maximum atomic E-state index is 12.2. The van der Waals surface area contributed by atoms with E-state index in [1.54, 1.807) is 11.1 Å². The molecule has 0 aromatic carbocycles. The molecule has 6 nitrogen and oxygen atoms in total. The van der Waals surface area contributed by atoms with Gasteiger partial charge in [-0.1, -0.05) is 18.5 Å². The van der Waals surface area contributed by atoms with Gasteiger partial charge in [0, 0.05) is 19.5 Å². The standard InChI is InChI=1S/C16H24ClN3O3/c1-11-7-12(22-14-9-18-8-13(17)19-14)5-6-20(10-11)15(21)23-16(2,3)4/h8-9,11-12H,5-7,10H2,1-4H3/t11-,12-/m0/s1. The number of carbonyl (C=O) groups is 1. The third-order valence-corrected chi connectivity index (χ3v) is 3.62. The molecule has 1 aromatic heterocycles. The number of hydrogen-bond donors (Lipinski definition) is 0. The number of nitrogens with zero attached hydrogens (tertiary/aromatic N) is 3. The van der Waals surface area contributed by atoms with Gasteiger partial charge in [0.25, 0.3) is 0 Å². The van der Waals surface area contributed by atoms with Crippen molar-refractivity contribution < 1.29 is 14.3 Å². The van der Waals surface area contributed by atoms with E-state index >= 15 is 0 Å². The Hall–Kier alpha value is -1.56. The fourth-order valence-electron chi connectivity index (χ4n) is 2.56. The Morgan fingerprint density at radius 3 is 2.78 bits per heavy atom. The predicted molar refractivity (Wildman–Crippen MR) is 87.7 cm³/mol. The molecule has 0 saturated carbocycles. The molecule has 2 heterocycles. The number of halogens is 1. The molecule has 128 valence electrons. The summed E-state index contributed by atoms with van der Waals surface area (Å²) in [4.78, 5) is 22.1. The van der Waals surface area contributed by atoms with Gasteiger partial charge >= 0.3 is 6.09 Å². The van der Waals surface area contributed by atoms with Crippen molar-refractivity contribution in [3.63, 3.8) is 0 Å². The molecule has 0 spiro atoms. The maximum Gasteiger partial charge on any atom is 0.410 e. The summed E-state index contributed by atoms with van der Waals surface area (Å²) in [5, 5.41) is 0.305. The summed E-state index contributed by atoms with van der Waals surface area (Å²) in [7, 11) is 0. The first-order valence-corrected chi connectivity index (χ1v) is 8.23. The Bertz CT molecular complexity index is 548. The first kappa shape index (κ1) is 17.8. The van der Waals surface area contributed by atoms with Crippen molar-refractivity contribution in [1.29, 1.82) is 0 Å². The van der Waals surface area contributed by atoms with Crippen LogP contribution >= 0.6 is 11.6 Å². The van der Waals surface area contributed by atoms with Crippen molar-refractivity contribution in [3.05, 3.63) is 17.5 Å². The molecule has 1 fully saturated rings. The van der Waals surface area contributed by atoms with Gasteiger partial charge < -0.3 is 14.4 Å². The minimum Gasteiger partial charge on any atom is -0.473 e. The topological polar surface area (TPSA) is 64.6 Å². The lowest BCUT2D eigenvalue weighted by Gasteiger charge is -2.27. The molecule has 0 N–H and O–H groups in total. The third-order valence-electron chi connectivity index (χ3n) is 3.44. The number of hydrogen-bond acceptors (Lipinski definition) is 5. The number of amides is 1. The summed E-state index contributed by atoms with van der Waals surface area (Å²) >= 11 is 5.83. The van der Waals surface area contributed by atoms with Crippen LogP contribution in [0.1, 0.15) is 40.5 Å². The zero-order chi connectivity index (χ0) is 17.0. The zero-order valence-corrected chi connectivity index (χ0v) is 14.8. The smallest absolute Gasteiger partial charge is 0.410 e. The summed E-state index contributed by atoms with van der Waals surface area (Å²) in [5.74, 6) is 0.725. The molecule has 2 atom stereocenters. The van der Waals surface area contributed by atoms with E-state index in [1.807, 2.05) is 20.8 Å². The molecule has 0 unspecified atom stereocenters. The molecular weight excluding hydrogens is 318 g/mol. The average molecular weight is 342 g/mol. The molecule has 1 saturated heterocycles. The van der Waals surface area contributed by atoms with Gasteiger partial charge in [-0.05, 0) is 33.1 Å². The van der Waals surface area contributed by atoms with E-state index in [0.717, 1.165) is 12.8 Å². The lowest BCUT2D eigenvalue weighted by atomic mass is 10.0. The van der Waals surface area contributed by atoms with Crippen molar-refractivity contribution in [2.45, 2.75) is 52.2 Å². The van der Waals surface area contributed by atoms with Crippen LogP contribution in [-0.4, -0.2) is 45.8 Å². The van der Waals surface area contributed by atoms with Crippen molar-refractivity contribution in [2.75, 3.05) is 13.1 Å². The monoisotopic (exact) mass is 341 g/mol. The van der Waals surface area contributed by atoms with E-state index in [9.17, 15) is 4.79 Å². The van der Waals surface area contributed by atoms with Gasteiger partial charge in [-0.15, -0.1) is 0 Å². The van der Waals surface area contributed by atoms with Crippen LogP contribution in [0.5, 0.6) is 5.88 Å². The highest BCUT2D eigenvalue weighted by atomic mass is 35.5. The Balaban J connectivity index is 1.96. The van der Waals surface area contributed by atoms with Gasteiger partial charge in [-0.2, -0.15) is 4.98 Å². The molecule has 7 heteroatoms. The first-order chi connectivity index (χ1) is 10.7. The third kappa shape index (κ3) is 5.86. The van der Waals surface area contributed by atoms with Gasteiger partial charge in [0.05, 0.1) is 12.4 Å². The summed E-state index contributed by atoms with van der Waals surface area (Å²) in [6.45, 7) is 8.97. The highest BCUT2D eigenvalue weighted by Crippen LogP contribution is 2.22. The number of carbonyl (C=O) groups excluding carboxylic acids is 1. The highest BCUT2D eigenvalue weighted by Gasteiger charge is 2.29. The fraction of sp³-hybridized carbons (Fsp3) is 0.688. The molecule has 0 aliphatic carbocycles. The Kier molecular flexibility index (Phi) is 5.68. The second kappa shape index (κ2) is 7.34. The number of rotatable bonds is 2. The second-order valence-electron chi connectivity index (χ2n) is 6.98. The van der Waals surface area contributed by atoms with Crippen LogP contribution in [0.15, 0.2) is 12.4 Å². The van der Waals surface area contributed by atoms with Gasteiger partial charge in [0.1, 0.15) is 11.7 Å². The minimum atomic E-state index is -0.487. The van der Waals surface area contributed by atoms with E-state index in [4.69, 9.17) is 21.1 Å². The molecule has 1 aliphatic heterocycles. The normalized spacial score (nSPS) is 22.4. The van der Waals surface area contributed by atoms with Crippen LogP contribution in [-0.2, 0) is 4.74 Å². The quantitative estimate of drug-likeness (QED) is 0.823. The van der Waals surface area contributed by atoms with Crippen molar-refractivity contribution in [2.24, 2.45) is 5.92 Å². The molecular formula is C16H24ClN3O3. The van der Waals surface area contributed by atoms with Crippen molar-refractivity contribution >= 4 is 17.7 Å². The molecule has 0 bridgehead atoms. The average Bonchev–Trinajstić information content (AvgIpc) is 2.58. The van der Waals surface area contributed by atoms with Crippen LogP contribution in [0.25, 0.3) is 0 Å². The SMILES string of the molecule is C[C@H]1C[C@@H](Oc2cncc(Cl)n2)CCN(C(=O)OC(C)(C)C)C1. The molecule has 1 aromatic rings. The first-order valence-electron chi connectivity index (χ1n) is 7.85. The summed E-state index contributed by atoms with van der Waals surface area (Å²) in [6, 6.07) is 0. The summed E-state index contributed by atoms with van der Waals surface area (Å²) < 4.78 is 11.3. The van der Waals surface area contributed by atoms with Gasteiger partial charge in [-0.25, -0.2) is 4.79 Å². The Morgan fingerprint density at radius 2 is 2.13 bits per heavy atom. The number of likely N-dealkylation sites (tertiary alicyclic amines) is 1. The van der Waals surface area contributed by atoms with Crippen LogP contribution in [0.3, 0.4) is 0 Å². The van der Waals surface area contributed by atoms with Crippen molar-refractivity contribution in [3.8, 4) is 5.88 Å². The molecule has 1 amide bonds. The Labute approximate surface area is 142 Å². The van der Waals surface area contributed by atoms with Gasteiger partial charge in [-0.3, -0.25) is 4.98 Å². The molecule has 1 aliphatic rings. The van der Waals surface area contributed by atoms with E-state index in [-0.39, 0.29) is 12.2 Å². The van der Waals surface area contributed by atoms with Crippen molar-refractivity contribution in [1.82, 2.24) is 14.9 Å². The van der Waals surface area contributed by atoms with E-state index in [2.05, 4.69) is 16.9 Å². The number of aromatic nitrogens is 2. The van der Waals surface area contributed by atoms with Gasteiger partial charge in [0.15, 0.2) is 5.15 Å².